The minimum absolute atomic E-state index is 0.0893. The van der Waals surface area contributed by atoms with E-state index in [2.05, 4.69) is 0 Å². The predicted octanol–water partition coefficient (Wildman–Crippen LogP) is 1.06. The first-order valence-electron chi connectivity index (χ1n) is 4.49. The van der Waals surface area contributed by atoms with Crippen molar-refractivity contribution >= 4 is 21.5 Å². The van der Waals surface area contributed by atoms with Crippen molar-refractivity contribution in [1.29, 1.82) is 0 Å². The second kappa shape index (κ2) is 4.65. The molecule has 0 saturated carbocycles. The van der Waals surface area contributed by atoms with Crippen molar-refractivity contribution in [3.05, 3.63) is 28.3 Å². The van der Waals surface area contributed by atoms with Crippen molar-refractivity contribution < 1.29 is 23.1 Å². The summed E-state index contributed by atoms with van der Waals surface area (Å²) in [6, 6.07) is 2.70. The van der Waals surface area contributed by atoms with Gasteiger partial charge in [-0.15, -0.1) is 0 Å². The van der Waals surface area contributed by atoms with Crippen LogP contribution in [0.25, 0.3) is 0 Å². The van der Waals surface area contributed by atoms with Crippen LogP contribution in [0, 0.1) is 10.1 Å². The molecule has 0 aliphatic carbocycles. The molecule has 0 heterocycles. The Morgan fingerprint density at radius 3 is 2.47 bits per heavy atom. The fraction of sp³-hybridized carbons (Fsp3) is 0.250. The van der Waals surface area contributed by atoms with Crippen LogP contribution >= 0.6 is 0 Å². The van der Waals surface area contributed by atoms with Crippen LogP contribution in [0.5, 0.6) is 0 Å². The Bertz CT molecular complexity index is 541. The predicted molar refractivity (Wildman–Crippen MR) is 57.7 cm³/mol. The summed E-state index contributed by atoms with van der Waals surface area (Å²) in [5.41, 5.74) is -0.755. The number of anilines is 1. The number of nitrogens with zero attached hydrogens (tertiary/aromatic N) is 2. The van der Waals surface area contributed by atoms with Gasteiger partial charge in [0.25, 0.3) is 15.8 Å². The topological polar surface area (TPSA) is 121 Å². The number of hydrogen-bond donors (Lipinski definition) is 2. The van der Waals surface area contributed by atoms with Gasteiger partial charge in [-0.25, -0.2) is 0 Å². The van der Waals surface area contributed by atoms with Crippen LogP contribution in [-0.4, -0.2) is 29.6 Å². The summed E-state index contributed by atoms with van der Waals surface area (Å²) in [6.07, 6.45) is 0. The lowest BCUT2D eigenvalue weighted by atomic mass is 10.2. The molecule has 0 fully saturated rings. The molecule has 0 radical (unpaired) electrons. The molecule has 0 aliphatic rings. The van der Waals surface area contributed by atoms with E-state index in [1.165, 1.54) is 0 Å². The lowest BCUT2D eigenvalue weighted by molar-refractivity contribution is -0.384. The van der Waals surface area contributed by atoms with E-state index in [0.717, 1.165) is 12.1 Å². The maximum absolute atomic E-state index is 10.8. The highest BCUT2D eigenvalue weighted by Crippen LogP contribution is 2.29. The van der Waals surface area contributed by atoms with Gasteiger partial charge in [0.1, 0.15) is 10.6 Å². The summed E-state index contributed by atoms with van der Waals surface area (Å²) in [5, 5.41) is 20.7. The zero-order valence-corrected chi connectivity index (χ0v) is 9.59. The Labute approximate surface area is 97.0 Å². The van der Waals surface area contributed by atoms with E-state index in [-0.39, 0.29) is 12.2 Å². The van der Waals surface area contributed by atoms with Crippen LogP contribution in [0.2, 0.25) is 0 Å². The molecule has 17 heavy (non-hydrogen) atoms. The third-order valence-corrected chi connectivity index (χ3v) is 2.87. The van der Waals surface area contributed by atoms with Crippen molar-refractivity contribution in [3.63, 3.8) is 0 Å². The number of hydrogen-bond acceptors (Lipinski definition) is 6. The molecule has 0 amide bonds. The van der Waals surface area contributed by atoms with Gasteiger partial charge >= 0.3 is 0 Å². The van der Waals surface area contributed by atoms with Gasteiger partial charge in [0.05, 0.1) is 4.92 Å². The number of rotatable bonds is 4. The summed E-state index contributed by atoms with van der Waals surface area (Å²) >= 11 is 0. The SMILES string of the molecule is CCN(O)c1ccc(S(=O)(=O)O)cc1[N+](=O)[O-]. The summed E-state index contributed by atoms with van der Waals surface area (Å²) in [5.74, 6) is 0. The first kappa shape index (κ1) is 13.4. The molecule has 0 atom stereocenters. The van der Waals surface area contributed by atoms with E-state index in [9.17, 15) is 23.7 Å². The third-order valence-electron chi connectivity index (χ3n) is 2.02. The van der Waals surface area contributed by atoms with E-state index in [1.807, 2.05) is 0 Å². The van der Waals surface area contributed by atoms with E-state index in [4.69, 9.17) is 4.55 Å². The van der Waals surface area contributed by atoms with Gasteiger partial charge in [0.15, 0.2) is 0 Å². The lowest BCUT2D eigenvalue weighted by Gasteiger charge is -2.14. The molecule has 0 unspecified atom stereocenters. The molecular formula is C8H10N2O6S. The van der Waals surface area contributed by atoms with Gasteiger partial charge in [0.2, 0.25) is 0 Å². The van der Waals surface area contributed by atoms with Gasteiger partial charge in [-0.05, 0) is 19.1 Å². The highest BCUT2D eigenvalue weighted by atomic mass is 32.2. The van der Waals surface area contributed by atoms with E-state index < -0.39 is 25.6 Å². The Morgan fingerprint density at radius 2 is 2.06 bits per heavy atom. The van der Waals surface area contributed by atoms with Crippen LogP contribution in [0.1, 0.15) is 6.92 Å². The van der Waals surface area contributed by atoms with Gasteiger partial charge in [-0.2, -0.15) is 8.42 Å². The largest absolute Gasteiger partial charge is 0.296 e. The van der Waals surface area contributed by atoms with Crippen molar-refractivity contribution in [3.8, 4) is 0 Å². The normalized spacial score (nSPS) is 11.2. The minimum Gasteiger partial charge on any atom is -0.288 e. The molecule has 0 bridgehead atoms. The van der Waals surface area contributed by atoms with Crippen molar-refractivity contribution in [2.24, 2.45) is 0 Å². The summed E-state index contributed by atoms with van der Waals surface area (Å²) < 4.78 is 30.4. The quantitative estimate of drug-likeness (QED) is 0.472. The molecule has 0 aromatic heterocycles. The highest BCUT2D eigenvalue weighted by Gasteiger charge is 2.22. The van der Waals surface area contributed by atoms with Crippen LogP contribution in [0.15, 0.2) is 23.1 Å². The highest BCUT2D eigenvalue weighted by molar-refractivity contribution is 7.85. The monoisotopic (exact) mass is 262 g/mol. The fourth-order valence-corrected chi connectivity index (χ4v) is 1.70. The number of nitro groups is 1. The second-order valence-electron chi connectivity index (χ2n) is 3.10. The zero-order valence-electron chi connectivity index (χ0n) is 8.77. The maximum atomic E-state index is 10.8. The minimum atomic E-state index is -4.51. The summed E-state index contributed by atoms with van der Waals surface area (Å²) in [7, 11) is -4.51. The smallest absolute Gasteiger partial charge is 0.288 e. The van der Waals surface area contributed by atoms with Crippen molar-refractivity contribution in [2.75, 3.05) is 11.6 Å². The maximum Gasteiger partial charge on any atom is 0.296 e. The van der Waals surface area contributed by atoms with E-state index in [1.54, 1.807) is 6.92 Å². The molecule has 2 N–H and O–H groups in total. The first-order valence-corrected chi connectivity index (χ1v) is 5.93. The molecule has 0 saturated heterocycles. The summed E-state index contributed by atoms with van der Waals surface area (Å²) in [6.45, 7) is 1.65. The average molecular weight is 262 g/mol. The molecule has 8 nitrogen and oxygen atoms in total. The van der Waals surface area contributed by atoms with Gasteiger partial charge < -0.3 is 0 Å². The van der Waals surface area contributed by atoms with Gasteiger partial charge in [0, 0.05) is 12.6 Å². The number of hydroxylamine groups is 1. The van der Waals surface area contributed by atoms with E-state index in [0.29, 0.717) is 11.1 Å². The molecule has 0 aliphatic heterocycles. The first-order chi connectivity index (χ1) is 7.77. The Balaban J connectivity index is 3.43. The third kappa shape index (κ3) is 2.90. The number of benzene rings is 1. The Hall–Kier alpha value is -1.71. The van der Waals surface area contributed by atoms with Crippen LogP contribution in [-0.2, 0) is 10.1 Å². The van der Waals surface area contributed by atoms with Crippen molar-refractivity contribution in [2.45, 2.75) is 11.8 Å². The fourth-order valence-electron chi connectivity index (χ4n) is 1.20. The average Bonchev–Trinajstić information content (AvgIpc) is 2.25. The van der Waals surface area contributed by atoms with Gasteiger partial charge in [-0.3, -0.25) is 24.9 Å². The molecule has 9 heteroatoms. The van der Waals surface area contributed by atoms with Crippen LogP contribution in [0.4, 0.5) is 11.4 Å². The molecule has 94 valence electrons. The molecule has 1 aromatic rings. The lowest BCUT2D eigenvalue weighted by Crippen LogP contribution is -2.18. The van der Waals surface area contributed by atoms with Crippen molar-refractivity contribution in [1.82, 2.24) is 0 Å². The molecule has 1 rings (SSSR count). The van der Waals surface area contributed by atoms with Crippen LogP contribution < -0.4 is 5.06 Å². The van der Waals surface area contributed by atoms with E-state index >= 15 is 0 Å². The van der Waals surface area contributed by atoms with Crippen LogP contribution in [0.3, 0.4) is 0 Å². The zero-order chi connectivity index (χ0) is 13.2. The van der Waals surface area contributed by atoms with Gasteiger partial charge in [-0.1, -0.05) is 0 Å². The molecule has 1 aromatic carbocycles. The standard InChI is InChI=1S/C8H10N2O6S/c1-2-9(11)7-4-3-6(17(14,15)16)5-8(7)10(12)13/h3-5,11H,2H2,1H3,(H,14,15,16). The molecular weight excluding hydrogens is 252 g/mol. The second-order valence-corrected chi connectivity index (χ2v) is 4.52. The summed E-state index contributed by atoms with van der Waals surface area (Å²) in [4.78, 5) is 9.27. The Morgan fingerprint density at radius 1 is 1.47 bits per heavy atom. The molecule has 0 spiro atoms. The Kier molecular flexibility index (Phi) is 3.66. The number of nitro benzene ring substituents is 1.